The van der Waals surface area contributed by atoms with E-state index in [4.69, 9.17) is 10.8 Å². The third-order valence-corrected chi connectivity index (χ3v) is 4.06. The molecule has 15 heavy (non-hydrogen) atoms. The van der Waals surface area contributed by atoms with Crippen molar-refractivity contribution in [2.24, 2.45) is 11.1 Å². The summed E-state index contributed by atoms with van der Waals surface area (Å²) in [6, 6.07) is 0.0111. The number of aliphatic carboxylic acids is 1. The minimum absolute atomic E-state index is 0.0111. The highest BCUT2D eigenvalue weighted by Crippen LogP contribution is 2.37. The maximum Gasteiger partial charge on any atom is 0.310 e. The zero-order valence-electron chi connectivity index (χ0n) is 8.77. The second kappa shape index (κ2) is 4.09. The molecule has 1 aliphatic rings. The number of nitrogens with two attached hydrogens (primary N) is 1. The summed E-state index contributed by atoms with van der Waals surface area (Å²) in [5.74, 6) is -1.29. The van der Waals surface area contributed by atoms with E-state index in [9.17, 15) is 13.2 Å². The molecule has 3 N–H and O–H groups in total. The fourth-order valence-corrected chi connectivity index (χ4v) is 3.53. The fourth-order valence-electron chi connectivity index (χ4n) is 2.11. The van der Waals surface area contributed by atoms with Crippen molar-refractivity contribution < 1.29 is 18.3 Å². The lowest BCUT2D eigenvalue weighted by atomic mass is 9.74. The Labute approximate surface area is 89.6 Å². The Morgan fingerprint density at radius 3 is 2.27 bits per heavy atom. The maximum atomic E-state index is 11.2. The molecule has 1 saturated carbocycles. The van der Waals surface area contributed by atoms with E-state index in [0.29, 0.717) is 25.7 Å². The van der Waals surface area contributed by atoms with Gasteiger partial charge in [0.25, 0.3) is 0 Å². The highest BCUT2D eigenvalue weighted by Gasteiger charge is 2.43. The van der Waals surface area contributed by atoms with Crippen LogP contribution in [0.4, 0.5) is 0 Å². The van der Waals surface area contributed by atoms with Crippen LogP contribution in [0, 0.1) is 5.41 Å². The zero-order valence-corrected chi connectivity index (χ0v) is 9.59. The van der Waals surface area contributed by atoms with E-state index in [0.717, 1.165) is 6.26 Å². The highest BCUT2D eigenvalue weighted by atomic mass is 32.2. The fraction of sp³-hybridized carbons (Fsp3) is 0.889. The van der Waals surface area contributed by atoms with Crippen molar-refractivity contribution in [2.45, 2.75) is 31.7 Å². The van der Waals surface area contributed by atoms with Crippen molar-refractivity contribution in [1.29, 1.82) is 0 Å². The first-order valence-electron chi connectivity index (χ1n) is 4.92. The van der Waals surface area contributed by atoms with Gasteiger partial charge in [0.1, 0.15) is 9.84 Å². The summed E-state index contributed by atoms with van der Waals surface area (Å²) < 4.78 is 22.4. The largest absolute Gasteiger partial charge is 0.481 e. The van der Waals surface area contributed by atoms with Gasteiger partial charge in [-0.05, 0) is 25.7 Å². The topological polar surface area (TPSA) is 97.5 Å². The zero-order chi connectivity index (χ0) is 11.7. The number of carbonyl (C=O) groups is 1. The van der Waals surface area contributed by atoms with E-state index in [1.807, 2.05) is 0 Å². The summed E-state index contributed by atoms with van der Waals surface area (Å²) in [7, 11) is -3.27. The molecule has 0 saturated heterocycles. The number of carboxylic acid groups (broad SMARTS) is 1. The number of rotatable bonds is 3. The average molecular weight is 235 g/mol. The molecule has 88 valence electrons. The SMILES string of the molecule is CS(=O)(=O)CC1(C(=O)O)CCC(N)CC1. The van der Waals surface area contributed by atoms with Crippen molar-refractivity contribution in [3.05, 3.63) is 0 Å². The molecule has 6 heteroatoms. The summed E-state index contributed by atoms with van der Waals surface area (Å²) in [6.07, 6.45) is 2.96. The Kier molecular flexibility index (Phi) is 3.40. The van der Waals surface area contributed by atoms with Crippen molar-refractivity contribution in [3.63, 3.8) is 0 Å². The molecule has 0 amide bonds. The molecule has 0 heterocycles. The van der Waals surface area contributed by atoms with Gasteiger partial charge >= 0.3 is 5.97 Å². The molecule has 0 aliphatic heterocycles. The Bertz CT molecular complexity index is 341. The van der Waals surface area contributed by atoms with Gasteiger partial charge in [0.2, 0.25) is 0 Å². The van der Waals surface area contributed by atoms with E-state index in [1.54, 1.807) is 0 Å². The Morgan fingerprint density at radius 2 is 1.93 bits per heavy atom. The lowest BCUT2D eigenvalue weighted by Gasteiger charge is -2.34. The first-order valence-corrected chi connectivity index (χ1v) is 6.98. The molecular formula is C9H17NO4S. The number of carboxylic acids is 1. The quantitative estimate of drug-likeness (QED) is 0.717. The van der Waals surface area contributed by atoms with Gasteiger partial charge in [-0.25, -0.2) is 8.42 Å². The van der Waals surface area contributed by atoms with Crippen LogP contribution in [0.2, 0.25) is 0 Å². The summed E-state index contributed by atoms with van der Waals surface area (Å²) in [4.78, 5) is 11.2. The van der Waals surface area contributed by atoms with Gasteiger partial charge in [0.05, 0.1) is 11.2 Å². The van der Waals surface area contributed by atoms with Gasteiger partial charge < -0.3 is 10.8 Å². The van der Waals surface area contributed by atoms with Gasteiger partial charge in [-0.2, -0.15) is 0 Å². The van der Waals surface area contributed by atoms with Gasteiger partial charge in [0.15, 0.2) is 0 Å². The molecule has 0 aromatic heterocycles. The monoisotopic (exact) mass is 235 g/mol. The van der Waals surface area contributed by atoms with Crippen LogP contribution in [0.5, 0.6) is 0 Å². The van der Waals surface area contributed by atoms with Gasteiger partial charge in [-0.1, -0.05) is 0 Å². The van der Waals surface area contributed by atoms with Gasteiger partial charge in [0, 0.05) is 12.3 Å². The van der Waals surface area contributed by atoms with E-state index in [1.165, 1.54) is 0 Å². The molecule has 1 fully saturated rings. The van der Waals surface area contributed by atoms with Crippen LogP contribution in [0.15, 0.2) is 0 Å². The van der Waals surface area contributed by atoms with Crippen molar-refractivity contribution in [2.75, 3.05) is 12.0 Å². The smallest absolute Gasteiger partial charge is 0.310 e. The third-order valence-electron chi connectivity index (χ3n) is 2.98. The molecule has 1 aliphatic carbocycles. The van der Waals surface area contributed by atoms with E-state index in [-0.39, 0.29) is 11.8 Å². The van der Waals surface area contributed by atoms with Crippen molar-refractivity contribution >= 4 is 15.8 Å². The predicted octanol–water partition coefficient (Wildman–Crippen LogP) is 0.00330. The van der Waals surface area contributed by atoms with Crippen LogP contribution in [-0.4, -0.2) is 37.5 Å². The van der Waals surface area contributed by atoms with Crippen LogP contribution < -0.4 is 5.73 Å². The molecule has 0 aromatic rings. The van der Waals surface area contributed by atoms with E-state index >= 15 is 0 Å². The number of sulfone groups is 1. The van der Waals surface area contributed by atoms with Crippen molar-refractivity contribution in [3.8, 4) is 0 Å². The van der Waals surface area contributed by atoms with Crippen LogP contribution >= 0.6 is 0 Å². The predicted molar refractivity (Wildman–Crippen MR) is 56.2 cm³/mol. The summed E-state index contributed by atoms with van der Waals surface area (Å²) >= 11 is 0. The molecular weight excluding hydrogens is 218 g/mol. The lowest BCUT2D eigenvalue weighted by Crippen LogP contribution is -2.43. The summed E-state index contributed by atoms with van der Waals surface area (Å²) in [5.41, 5.74) is 4.57. The molecule has 0 aromatic carbocycles. The minimum atomic E-state index is -3.27. The molecule has 0 bridgehead atoms. The lowest BCUT2D eigenvalue weighted by molar-refractivity contribution is -0.149. The molecule has 0 unspecified atom stereocenters. The molecule has 1 rings (SSSR count). The second-order valence-electron chi connectivity index (χ2n) is 4.49. The normalized spacial score (nSPS) is 32.5. The molecule has 0 spiro atoms. The summed E-state index contributed by atoms with van der Waals surface area (Å²) in [6.45, 7) is 0. The summed E-state index contributed by atoms with van der Waals surface area (Å²) in [5, 5.41) is 9.13. The van der Waals surface area contributed by atoms with Crippen LogP contribution in [0.25, 0.3) is 0 Å². The minimum Gasteiger partial charge on any atom is -0.481 e. The average Bonchev–Trinajstić information content (AvgIpc) is 2.06. The number of hydrogen-bond donors (Lipinski definition) is 2. The third kappa shape index (κ3) is 3.17. The highest BCUT2D eigenvalue weighted by molar-refractivity contribution is 7.90. The van der Waals surface area contributed by atoms with E-state index in [2.05, 4.69) is 0 Å². The van der Waals surface area contributed by atoms with Crippen LogP contribution in [0.3, 0.4) is 0 Å². The maximum absolute atomic E-state index is 11.2. The van der Waals surface area contributed by atoms with Gasteiger partial charge in [-0.15, -0.1) is 0 Å². The van der Waals surface area contributed by atoms with Gasteiger partial charge in [-0.3, -0.25) is 4.79 Å². The molecule has 0 radical (unpaired) electrons. The van der Waals surface area contributed by atoms with Crippen LogP contribution in [0.1, 0.15) is 25.7 Å². The Morgan fingerprint density at radius 1 is 1.47 bits per heavy atom. The molecule has 5 nitrogen and oxygen atoms in total. The Balaban J connectivity index is 2.86. The standard InChI is InChI=1S/C9H17NO4S/c1-15(13,14)6-9(8(11)12)4-2-7(10)3-5-9/h7H,2-6,10H2,1H3,(H,11,12). The first kappa shape index (κ1) is 12.4. The Hall–Kier alpha value is -0.620. The van der Waals surface area contributed by atoms with E-state index < -0.39 is 21.2 Å². The van der Waals surface area contributed by atoms with Crippen LogP contribution in [-0.2, 0) is 14.6 Å². The van der Waals surface area contributed by atoms with Crippen molar-refractivity contribution in [1.82, 2.24) is 0 Å². The second-order valence-corrected chi connectivity index (χ2v) is 6.63. The molecule has 0 atom stereocenters. The number of hydrogen-bond acceptors (Lipinski definition) is 4. The first-order chi connectivity index (χ1) is 6.75.